The first-order chi connectivity index (χ1) is 9.92. The first-order valence-electron chi connectivity index (χ1n) is 7.50. The van der Waals surface area contributed by atoms with E-state index >= 15 is 0 Å². The molecule has 1 atom stereocenters. The van der Waals surface area contributed by atoms with Crippen LogP contribution in [0, 0.1) is 33.5 Å². The lowest BCUT2D eigenvalue weighted by molar-refractivity contribution is 0.599. The Bertz CT molecular complexity index is 603. The largest absolute Gasteiger partial charge is 0.307 e. The maximum Gasteiger partial charge on any atom is 0.123 e. The molecule has 0 aromatic heterocycles. The van der Waals surface area contributed by atoms with E-state index in [1.165, 1.54) is 22.3 Å². The first kappa shape index (κ1) is 15.7. The maximum absolute atomic E-state index is 13.8. The normalized spacial score (nSPS) is 12.5. The average molecular weight is 285 g/mol. The van der Waals surface area contributed by atoms with E-state index in [1.54, 1.807) is 12.1 Å². The third kappa shape index (κ3) is 3.51. The van der Waals surface area contributed by atoms with Crippen molar-refractivity contribution in [1.82, 2.24) is 5.32 Å². The highest BCUT2D eigenvalue weighted by Crippen LogP contribution is 2.29. The van der Waals surface area contributed by atoms with Crippen molar-refractivity contribution in [2.75, 3.05) is 6.54 Å². The molecule has 112 valence electrons. The van der Waals surface area contributed by atoms with Gasteiger partial charge in [0.05, 0.1) is 6.04 Å². The molecule has 2 rings (SSSR count). The van der Waals surface area contributed by atoms with E-state index in [0.29, 0.717) is 0 Å². The molecule has 0 fully saturated rings. The Labute approximate surface area is 127 Å². The van der Waals surface area contributed by atoms with Gasteiger partial charge in [-0.1, -0.05) is 30.7 Å². The summed E-state index contributed by atoms with van der Waals surface area (Å²) >= 11 is 0. The Hall–Kier alpha value is -1.67. The molecule has 0 saturated carbocycles. The molecule has 2 heteroatoms. The minimum absolute atomic E-state index is 0.0324. The molecule has 0 spiro atoms. The lowest BCUT2D eigenvalue weighted by Gasteiger charge is -2.24. The molecule has 0 saturated heterocycles. The van der Waals surface area contributed by atoms with Gasteiger partial charge in [0.15, 0.2) is 0 Å². The maximum atomic E-state index is 13.8. The number of rotatable bonds is 4. The fourth-order valence-electron chi connectivity index (χ4n) is 3.17. The molecule has 1 unspecified atom stereocenters. The Morgan fingerprint density at radius 2 is 1.48 bits per heavy atom. The van der Waals surface area contributed by atoms with Crippen LogP contribution in [-0.2, 0) is 0 Å². The molecule has 2 aromatic rings. The molecular weight excluding hydrogens is 261 g/mol. The van der Waals surface area contributed by atoms with Crippen LogP contribution in [0.15, 0.2) is 30.3 Å². The number of nitrogens with one attached hydrogen (secondary N) is 1. The summed E-state index contributed by atoms with van der Waals surface area (Å²) in [5, 5.41) is 3.50. The number of hydrogen-bond donors (Lipinski definition) is 1. The Morgan fingerprint density at radius 3 is 2.00 bits per heavy atom. The molecule has 0 radical (unpaired) electrons. The van der Waals surface area contributed by atoms with Gasteiger partial charge in [-0.05, 0) is 74.2 Å². The minimum Gasteiger partial charge on any atom is -0.307 e. The zero-order chi connectivity index (χ0) is 15.6. The van der Waals surface area contributed by atoms with Gasteiger partial charge in [0.2, 0.25) is 0 Å². The number of benzene rings is 2. The van der Waals surface area contributed by atoms with Gasteiger partial charge < -0.3 is 5.32 Å². The van der Waals surface area contributed by atoms with E-state index in [-0.39, 0.29) is 11.9 Å². The van der Waals surface area contributed by atoms with Crippen molar-refractivity contribution in [2.45, 2.75) is 40.7 Å². The number of halogens is 1. The van der Waals surface area contributed by atoms with Crippen molar-refractivity contribution >= 4 is 0 Å². The zero-order valence-corrected chi connectivity index (χ0v) is 13.5. The van der Waals surface area contributed by atoms with Crippen LogP contribution in [-0.4, -0.2) is 6.54 Å². The standard InChI is InChI=1S/C19H24FN/c1-6-21-19(16-9-13(3)10-17(20)11-16)18-14(4)7-12(2)8-15(18)5/h7-11,19,21H,6H2,1-5H3. The van der Waals surface area contributed by atoms with Crippen LogP contribution in [0.1, 0.15) is 46.3 Å². The highest BCUT2D eigenvalue weighted by atomic mass is 19.1. The summed E-state index contributed by atoms with van der Waals surface area (Å²) in [6.45, 7) is 11.2. The van der Waals surface area contributed by atoms with Gasteiger partial charge in [0.1, 0.15) is 5.82 Å². The van der Waals surface area contributed by atoms with Crippen molar-refractivity contribution in [2.24, 2.45) is 0 Å². The zero-order valence-electron chi connectivity index (χ0n) is 13.5. The predicted octanol–water partition coefficient (Wildman–Crippen LogP) is 4.76. The molecule has 1 N–H and O–H groups in total. The molecule has 2 aromatic carbocycles. The third-order valence-electron chi connectivity index (χ3n) is 3.83. The predicted molar refractivity (Wildman–Crippen MR) is 87.3 cm³/mol. The minimum atomic E-state index is -0.171. The van der Waals surface area contributed by atoms with E-state index in [2.05, 4.69) is 51.2 Å². The van der Waals surface area contributed by atoms with Crippen LogP contribution in [0.3, 0.4) is 0 Å². The average Bonchev–Trinajstić information content (AvgIpc) is 2.35. The van der Waals surface area contributed by atoms with Gasteiger partial charge in [-0.2, -0.15) is 0 Å². The molecule has 0 aliphatic carbocycles. The van der Waals surface area contributed by atoms with Crippen LogP contribution in [0.2, 0.25) is 0 Å². The molecule has 0 amide bonds. The first-order valence-corrected chi connectivity index (χ1v) is 7.50. The van der Waals surface area contributed by atoms with Crippen LogP contribution in [0.4, 0.5) is 4.39 Å². The van der Waals surface area contributed by atoms with Gasteiger partial charge in [-0.25, -0.2) is 4.39 Å². The topological polar surface area (TPSA) is 12.0 Å². The summed E-state index contributed by atoms with van der Waals surface area (Å²) in [5.74, 6) is -0.171. The molecule has 0 heterocycles. The van der Waals surface area contributed by atoms with Crippen molar-refractivity contribution in [3.05, 3.63) is 69.5 Å². The highest BCUT2D eigenvalue weighted by Gasteiger charge is 2.18. The lowest BCUT2D eigenvalue weighted by Crippen LogP contribution is -2.24. The summed E-state index contributed by atoms with van der Waals surface area (Å²) in [7, 11) is 0. The molecule has 0 aliphatic heterocycles. The van der Waals surface area contributed by atoms with Gasteiger partial charge >= 0.3 is 0 Å². The fourth-order valence-corrected chi connectivity index (χ4v) is 3.17. The van der Waals surface area contributed by atoms with E-state index in [9.17, 15) is 4.39 Å². The molecular formula is C19H24FN. The Balaban J connectivity index is 2.58. The molecule has 21 heavy (non-hydrogen) atoms. The second-order valence-corrected chi connectivity index (χ2v) is 5.86. The van der Waals surface area contributed by atoms with Crippen LogP contribution >= 0.6 is 0 Å². The van der Waals surface area contributed by atoms with Crippen molar-refractivity contribution < 1.29 is 4.39 Å². The third-order valence-corrected chi connectivity index (χ3v) is 3.83. The van der Waals surface area contributed by atoms with Crippen LogP contribution in [0.25, 0.3) is 0 Å². The molecule has 0 bridgehead atoms. The summed E-state index contributed by atoms with van der Waals surface area (Å²) in [5.41, 5.74) is 6.97. The SMILES string of the molecule is CCNC(c1cc(C)cc(F)c1)c1c(C)cc(C)cc1C. The van der Waals surface area contributed by atoms with E-state index < -0.39 is 0 Å². The Morgan fingerprint density at radius 1 is 0.905 bits per heavy atom. The van der Waals surface area contributed by atoms with E-state index in [1.807, 2.05) is 6.92 Å². The second-order valence-electron chi connectivity index (χ2n) is 5.86. The van der Waals surface area contributed by atoms with E-state index in [4.69, 9.17) is 0 Å². The summed E-state index contributed by atoms with van der Waals surface area (Å²) in [4.78, 5) is 0. The monoisotopic (exact) mass is 285 g/mol. The molecule has 0 aliphatic rings. The summed E-state index contributed by atoms with van der Waals surface area (Å²) in [6.07, 6.45) is 0. The van der Waals surface area contributed by atoms with E-state index in [0.717, 1.165) is 17.7 Å². The summed E-state index contributed by atoms with van der Waals surface area (Å²) < 4.78 is 13.8. The van der Waals surface area contributed by atoms with Gasteiger partial charge in [0, 0.05) is 0 Å². The molecule has 1 nitrogen and oxygen atoms in total. The van der Waals surface area contributed by atoms with Crippen molar-refractivity contribution in [1.29, 1.82) is 0 Å². The van der Waals surface area contributed by atoms with Crippen LogP contribution in [0.5, 0.6) is 0 Å². The van der Waals surface area contributed by atoms with Crippen molar-refractivity contribution in [3.8, 4) is 0 Å². The van der Waals surface area contributed by atoms with Gasteiger partial charge in [-0.15, -0.1) is 0 Å². The second kappa shape index (κ2) is 6.40. The van der Waals surface area contributed by atoms with Crippen LogP contribution < -0.4 is 5.32 Å². The number of hydrogen-bond acceptors (Lipinski definition) is 1. The summed E-state index contributed by atoms with van der Waals surface area (Å²) in [6, 6.07) is 9.69. The highest BCUT2D eigenvalue weighted by molar-refractivity contribution is 5.44. The fraction of sp³-hybridized carbons (Fsp3) is 0.368. The van der Waals surface area contributed by atoms with Gasteiger partial charge in [-0.3, -0.25) is 0 Å². The lowest BCUT2D eigenvalue weighted by atomic mass is 9.89. The quantitative estimate of drug-likeness (QED) is 0.854. The van der Waals surface area contributed by atoms with Crippen molar-refractivity contribution in [3.63, 3.8) is 0 Å². The number of aryl methyl sites for hydroxylation is 4. The smallest absolute Gasteiger partial charge is 0.123 e. The van der Waals surface area contributed by atoms with Gasteiger partial charge in [0.25, 0.3) is 0 Å². The Kier molecular flexibility index (Phi) is 4.79.